The first-order valence-corrected chi connectivity index (χ1v) is 8.93. The highest BCUT2D eigenvalue weighted by molar-refractivity contribution is 5.94. The Labute approximate surface area is 173 Å². The van der Waals surface area contributed by atoms with Crippen molar-refractivity contribution in [1.29, 1.82) is 0 Å². The van der Waals surface area contributed by atoms with Crippen LogP contribution in [0.15, 0.2) is 47.6 Å². The quantitative estimate of drug-likeness (QED) is 0.437. The third-order valence-corrected chi connectivity index (χ3v) is 4.31. The van der Waals surface area contributed by atoms with Gasteiger partial charge in [0, 0.05) is 11.1 Å². The number of carbonyl (C=O) groups excluding carboxylic acids is 1. The van der Waals surface area contributed by atoms with Crippen LogP contribution in [-0.2, 0) is 0 Å². The van der Waals surface area contributed by atoms with E-state index in [1.54, 1.807) is 25.3 Å². The molecular formula is C21H22N4O5. The third-order valence-electron chi connectivity index (χ3n) is 4.31. The van der Waals surface area contributed by atoms with Gasteiger partial charge in [-0.2, -0.15) is 10.2 Å². The first-order valence-electron chi connectivity index (χ1n) is 8.93. The van der Waals surface area contributed by atoms with Crippen LogP contribution in [0.2, 0.25) is 0 Å². The summed E-state index contributed by atoms with van der Waals surface area (Å²) in [5, 5.41) is 10.9. The van der Waals surface area contributed by atoms with Gasteiger partial charge in [0.2, 0.25) is 5.75 Å². The van der Waals surface area contributed by atoms with Crippen molar-refractivity contribution in [2.75, 3.05) is 28.4 Å². The lowest BCUT2D eigenvalue weighted by molar-refractivity contribution is 0.0950. The number of nitrogens with one attached hydrogen (secondary N) is 2. The van der Waals surface area contributed by atoms with Gasteiger partial charge in [-0.25, -0.2) is 5.43 Å². The Kier molecular flexibility index (Phi) is 6.53. The van der Waals surface area contributed by atoms with Crippen molar-refractivity contribution >= 4 is 12.1 Å². The molecule has 9 nitrogen and oxygen atoms in total. The molecule has 156 valence electrons. The summed E-state index contributed by atoms with van der Waals surface area (Å²) in [5.74, 6) is 1.72. The summed E-state index contributed by atoms with van der Waals surface area (Å²) < 4.78 is 21.1. The molecule has 0 bridgehead atoms. The number of aromatic nitrogens is 2. The molecule has 0 saturated heterocycles. The Morgan fingerprint density at radius 3 is 2.33 bits per heavy atom. The number of nitrogens with zero attached hydrogens (tertiary/aromatic N) is 2. The van der Waals surface area contributed by atoms with Gasteiger partial charge in [0.05, 0.1) is 40.3 Å². The maximum Gasteiger partial charge on any atom is 0.289 e. The van der Waals surface area contributed by atoms with E-state index in [1.807, 2.05) is 24.3 Å². The topological polar surface area (TPSA) is 107 Å². The van der Waals surface area contributed by atoms with Gasteiger partial charge in [-0.1, -0.05) is 0 Å². The fourth-order valence-corrected chi connectivity index (χ4v) is 2.79. The zero-order chi connectivity index (χ0) is 21.5. The smallest absolute Gasteiger partial charge is 0.289 e. The Morgan fingerprint density at radius 1 is 0.967 bits per heavy atom. The molecule has 0 aliphatic heterocycles. The Morgan fingerprint density at radius 2 is 1.70 bits per heavy atom. The van der Waals surface area contributed by atoms with Crippen LogP contribution in [0.4, 0.5) is 0 Å². The lowest BCUT2D eigenvalue weighted by Gasteiger charge is -2.13. The molecule has 0 aliphatic rings. The number of hydrogen-bond donors (Lipinski definition) is 2. The first kappa shape index (κ1) is 20.7. The van der Waals surface area contributed by atoms with E-state index >= 15 is 0 Å². The van der Waals surface area contributed by atoms with Gasteiger partial charge >= 0.3 is 0 Å². The number of H-pyrrole nitrogens is 1. The molecule has 3 rings (SSSR count). The van der Waals surface area contributed by atoms with Gasteiger partial charge in [0.25, 0.3) is 5.91 Å². The normalized spacial score (nSPS) is 10.7. The van der Waals surface area contributed by atoms with E-state index in [0.717, 1.165) is 11.3 Å². The first-order chi connectivity index (χ1) is 14.6. The van der Waals surface area contributed by atoms with Crippen molar-refractivity contribution in [3.8, 4) is 34.3 Å². The van der Waals surface area contributed by atoms with Crippen LogP contribution < -0.4 is 24.4 Å². The Balaban J connectivity index is 1.71. The molecular weight excluding hydrogens is 388 g/mol. The van der Waals surface area contributed by atoms with Gasteiger partial charge in [0.15, 0.2) is 11.5 Å². The van der Waals surface area contributed by atoms with Crippen LogP contribution in [0.25, 0.3) is 11.3 Å². The van der Waals surface area contributed by atoms with E-state index in [1.165, 1.54) is 27.5 Å². The summed E-state index contributed by atoms with van der Waals surface area (Å²) in [6, 6.07) is 12.5. The number of carbonyl (C=O) groups is 1. The number of rotatable bonds is 8. The number of hydrogen-bond acceptors (Lipinski definition) is 7. The molecule has 0 spiro atoms. The van der Waals surface area contributed by atoms with Crippen LogP contribution in [0.5, 0.6) is 23.0 Å². The van der Waals surface area contributed by atoms with Crippen molar-refractivity contribution in [1.82, 2.24) is 15.6 Å². The molecule has 0 atom stereocenters. The van der Waals surface area contributed by atoms with E-state index in [0.29, 0.717) is 28.5 Å². The van der Waals surface area contributed by atoms with Crippen molar-refractivity contribution in [3.63, 3.8) is 0 Å². The zero-order valence-corrected chi connectivity index (χ0v) is 17.1. The molecule has 2 aromatic carbocycles. The molecule has 3 aromatic rings. The minimum Gasteiger partial charge on any atom is -0.497 e. The summed E-state index contributed by atoms with van der Waals surface area (Å²) in [4.78, 5) is 12.4. The SMILES string of the molecule is COc1ccc(-c2cc(C(=O)N/N=C\c3ccc(OC)c(OC)c3OC)[nH]n2)cc1. The predicted octanol–water partition coefficient (Wildman–Crippen LogP) is 2.88. The molecule has 0 aliphatic carbocycles. The van der Waals surface area contributed by atoms with Crippen LogP contribution in [0, 0.1) is 0 Å². The summed E-state index contributed by atoms with van der Waals surface area (Å²) in [6.45, 7) is 0. The van der Waals surface area contributed by atoms with E-state index in [4.69, 9.17) is 18.9 Å². The van der Waals surface area contributed by atoms with Crippen molar-refractivity contribution < 1.29 is 23.7 Å². The highest BCUT2D eigenvalue weighted by Gasteiger charge is 2.15. The standard InChI is InChI=1S/C21H22N4O5/c1-27-15-8-5-13(6-9-15)16-11-17(24-23-16)21(26)25-22-12-14-7-10-18(28-2)20(30-4)19(14)29-3/h5-12H,1-4H3,(H,23,24)(H,25,26)/b22-12-. The molecule has 0 unspecified atom stereocenters. The van der Waals surface area contributed by atoms with Gasteiger partial charge in [-0.05, 0) is 42.5 Å². The molecule has 1 amide bonds. The van der Waals surface area contributed by atoms with Crippen molar-refractivity contribution in [2.24, 2.45) is 5.10 Å². The Hall–Kier alpha value is -4.01. The summed E-state index contributed by atoms with van der Waals surface area (Å²) in [5.41, 5.74) is 4.83. The molecule has 0 saturated carbocycles. The maximum absolute atomic E-state index is 12.4. The van der Waals surface area contributed by atoms with E-state index in [2.05, 4.69) is 20.7 Å². The largest absolute Gasteiger partial charge is 0.497 e. The highest BCUT2D eigenvalue weighted by atomic mass is 16.5. The molecule has 1 aromatic heterocycles. The average molecular weight is 410 g/mol. The number of ether oxygens (including phenoxy) is 4. The van der Waals surface area contributed by atoms with Crippen LogP contribution >= 0.6 is 0 Å². The third kappa shape index (κ3) is 4.35. The number of methoxy groups -OCH3 is 4. The monoisotopic (exact) mass is 410 g/mol. The van der Waals surface area contributed by atoms with Gasteiger partial charge in [0.1, 0.15) is 11.4 Å². The predicted molar refractivity (Wildman–Crippen MR) is 112 cm³/mol. The summed E-state index contributed by atoms with van der Waals surface area (Å²) >= 11 is 0. The lowest BCUT2D eigenvalue weighted by atomic mass is 10.1. The van der Waals surface area contributed by atoms with Gasteiger partial charge in [-0.15, -0.1) is 0 Å². The second-order valence-electron chi connectivity index (χ2n) is 6.02. The van der Waals surface area contributed by atoms with Crippen LogP contribution in [0.3, 0.4) is 0 Å². The van der Waals surface area contributed by atoms with Gasteiger partial charge in [-0.3, -0.25) is 9.89 Å². The van der Waals surface area contributed by atoms with Crippen molar-refractivity contribution in [3.05, 3.63) is 53.7 Å². The molecule has 9 heteroatoms. The van der Waals surface area contributed by atoms with E-state index in [-0.39, 0.29) is 5.69 Å². The fourth-order valence-electron chi connectivity index (χ4n) is 2.79. The van der Waals surface area contributed by atoms with Gasteiger partial charge < -0.3 is 18.9 Å². The van der Waals surface area contributed by atoms with E-state index in [9.17, 15) is 4.79 Å². The lowest BCUT2D eigenvalue weighted by Crippen LogP contribution is -2.18. The molecule has 0 fully saturated rings. The number of hydrazone groups is 1. The highest BCUT2D eigenvalue weighted by Crippen LogP contribution is 2.38. The van der Waals surface area contributed by atoms with Crippen LogP contribution in [0.1, 0.15) is 16.1 Å². The summed E-state index contributed by atoms with van der Waals surface area (Å²) in [6.07, 6.45) is 1.46. The molecule has 30 heavy (non-hydrogen) atoms. The number of amides is 1. The minimum absolute atomic E-state index is 0.275. The zero-order valence-electron chi connectivity index (χ0n) is 17.1. The Bertz CT molecular complexity index is 1040. The number of benzene rings is 2. The average Bonchev–Trinajstić information content (AvgIpc) is 3.29. The maximum atomic E-state index is 12.4. The van der Waals surface area contributed by atoms with Crippen LogP contribution in [-0.4, -0.2) is 50.8 Å². The molecule has 0 radical (unpaired) electrons. The summed E-state index contributed by atoms with van der Waals surface area (Å²) in [7, 11) is 6.17. The second kappa shape index (κ2) is 9.46. The van der Waals surface area contributed by atoms with E-state index < -0.39 is 5.91 Å². The van der Waals surface area contributed by atoms with Crippen molar-refractivity contribution in [2.45, 2.75) is 0 Å². The minimum atomic E-state index is -0.432. The fraction of sp³-hybridized carbons (Fsp3) is 0.190. The number of aromatic amines is 1. The second-order valence-corrected chi connectivity index (χ2v) is 6.02. The molecule has 1 heterocycles. The molecule has 2 N–H and O–H groups in total.